The molecule has 44 heavy (non-hydrogen) atoms. The highest BCUT2D eigenvalue weighted by molar-refractivity contribution is 5.93. The summed E-state index contributed by atoms with van der Waals surface area (Å²) in [6.07, 6.45) is 3.56. The van der Waals surface area contributed by atoms with Crippen molar-refractivity contribution in [3.05, 3.63) is 96.5 Å². The zero-order valence-electron chi connectivity index (χ0n) is 23.7. The van der Waals surface area contributed by atoms with Gasteiger partial charge in [-0.15, -0.1) is 10.2 Å². The highest BCUT2D eigenvalue weighted by Crippen LogP contribution is 2.34. The molecule has 1 atom stereocenters. The van der Waals surface area contributed by atoms with Gasteiger partial charge < -0.3 is 13.9 Å². The van der Waals surface area contributed by atoms with Crippen LogP contribution in [0.2, 0.25) is 0 Å². The lowest BCUT2D eigenvalue weighted by molar-refractivity contribution is 0.0657. The average Bonchev–Trinajstić information content (AvgIpc) is 3.82. The number of hydrogen-bond acceptors (Lipinski definition) is 8. The van der Waals surface area contributed by atoms with Crippen molar-refractivity contribution in [3.63, 3.8) is 0 Å². The van der Waals surface area contributed by atoms with Crippen molar-refractivity contribution >= 4 is 17.0 Å². The highest BCUT2D eigenvalue weighted by Gasteiger charge is 2.33. The Kier molecular flexibility index (Phi) is 7.12. The number of imidazole rings is 1. The molecule has 1 aliphatic rings. The van der Waals surface area contributed by atoms with Crippen LogP contribution >= 0.6 is 0 Å². The van der Waals surface area contributed by atoms with Crippen molar-refractivity contribution in [1.82, 2.24) is 44.6 Å². The van der Waals surface area contributed by atoms with Gasteiger partial charge in [0.05, 0.1) is 18.2 Å². The number of rotatable bonds is 7. The van der Waals surface area contributed by atoms with Crippen LogP contribution in [0.4, 0.5) is 8.78 Å². The van der Waals surface area contributed by atoms with E-state index in [9.17, 15) is 13.6 Å². The van der Waals surface area contributed by atoms with Gasteiger partial charge in [0.2, 0.25) is 11.7 Å². The van der Waals surface area contributed by atoms with Gasteiger partial charge >= 0.3 is 6.43 Å². The van der Waals surface area contributed by atoms with E-state index in [2.05, 4.69) is 30.4 Å². The van der Waals surface area contributed by atoms with Crippen LogP contribution in [-0.2, 0) is 7.05 Å². The van der Waals surface area contributed by atoms with Crippen LogP contribution in [0.15, 0.2) is 83.8 Å². The predicted molar refractivity (Wildman–Crippen MR) is 155 cm³/mol. The number of halogens is 2. The Labute approximate surface area is 250 Å². The Morgan fingerprint density at radius 1 is 1.02 bits per heavy atom. The number of oxazole rings is 1. The first-order chi connectivity index (χ1) is 21.4. The number of carbonyl (C=O) groups excluding carboxylic acids is 1. The molecule has 0 aliphatic carbocycles. The molecule has 11 nitrogen and oxygen atoms in total. The summed E-state index contributed by atoms with van der Waals surface area (Å²) in [4.78, 5) is 29.8. The normalized spacial score (nSPS) is 14.9. The molecule has 1 aliphatic heterocycles. The van der Waals surface area contributed by atoms with Gasteiger partial charge in [-0.25, -0.2) is 18.7 Å². The second-order valence-electron chi connectivity index (χ2n) is 10.8. The average molecular weight is 596 g/mol. The van der Waals surface area contributed by atoms with Gasteiger partial charge in [0, 0.05) is 37.5 Å². The monoisotopic (exact) mass is 595 g/mol. The molecular weight excluding hydrogens is 568 g/mol. The van der Waals surface area contributed by atoms with E-state index in [4.69, 9.17) is 4.42 Å². The Bertz CT molecular complexity index is 1930. The third-order valence-electron chi connectivity index (χ3n) is 8.03. The molecule has 0 radical (unpaired) electrons. The van der Waals surface area contributed by atoms with Crippen molar-refractivity contribution in [2.75, 3.05) is 13.1 Å². The molecule has 2 aromatic carbocycles. The fourth-order valence-corrected chi connectivity index (χ4v) is 5.79. The number of amides is 1. The maximum atomic E-state index is 13.5. The Hall–Kier alpha value is -5.33. The van der Waals surface area contributed by atoms with Crippen LogP contribution in [-0.4, -0.2) is 63.6 Å². The molecular formula is C31H27F2N9O2. The van der Waals surface area contributed by atoms with E-state index in [1.54, 1.807) is 35.8 Å². The van der Waals surface area contributed by atoms with Crippen LogP contribution in [0.1, 0.15) is 47.2 Å². The molecule has 222 valence electrons. The topological polar surface area (TPSA) is 121 Å². The lowest BCUT2D eigenvalue weighted by Gasteiger charge is -2.35. The van der Waals surface area contributed by atoms with Crippen molar-refractivity contribution in [2.45, 2.75) is 25.3 Å². The van der Waals surface area contributed by atoms with Gasteiger partial charge in [-0.1, -0.05) is 30.3 Å². The summed E-state index contributed by atoms with van der Waals surface area (Å²) in [5, 5.41) is 11.5. The number of likely N-dealkylation sites (tertiary alicyclic amines) is 1. The van der Waals surface area contributed by atoms with Crippen LogP contribution in [0.3, 0.4) is 0 Å². The largest absolute Gasteiger partial charge is 0.436 e. The summed E-state index contributed by atoms with van der Waals surface area (Å²) in [6, 6.07) is 18.4. The Morgan fingerprint density at radius 2 is 1.84 bits per heavy atom. The molecule has 7 rings (SSSR count). The van der Waals surface area contributed by atoms with E-state index < -0.39 is 12.2 Å². The summed E-state index contributed by atoms with van der Waals surface area (Å²) < 4.78 is 34.4. The predicted octanol–water partition coefficient (Wildman–Crippen LogP) is 5.36. The number of aryl methyl sites for hydroxylation is 1. The number of alkyl halides is 2. The van der Waals surface area contributed by atoms with E-state index in [0.717, 1.165) is 16.8 Å². The van der Waals surface area contributed by atoms with Gasteiger partial charge in [0.25, 0.3) is 5.91 Å². The van der Waals surface area contributed by atoms with E-state index in [0.29, 0.717) is 48.5 Å². The first-order valence-electron chi connectivity index (χ1n) is 14.2. The molecule has 0 unspecified atom stereocenters. The molecule has 1 amide bonds. The number of fused-ring (bicyclic) bond motifs is 1. The van der Waals surface area contributed by atoms with Crippen molar-refractivity contribution in [3.8, 4) is 22.7 Å². The van der Waals surface area contributed by atoms with Crippen LogP contribution in [0.5, 0.6) is 0 Å². The second-order valence-corrected chi connectivity index (χ2v) is 10.8. The molecule has 0 bridgehead atoms. The van der Waals surface area contributed by atoms with Gasteiger partial charge in [-0.3, -0.25) is 9.78 Å². The zero-order valence-corrected chi connectivity index (χ0v) is 23.7. The number of aromatic nitrogens is 8. The summed E-state index contributed by atoms with van der Waals surface area (Å²) in [6.45, 7) is 0.934. The molecule has 0 N–H and O–H groups in total. The summed E-state index contributed by atoms with van der Waals surface area (Å²) in [5.41, 5.74) is 5.09. The molecule has 5 heterocycles. The molecule has 1 saturated heterocycles. The Balaban J connectivity index is 1.08. The van der Waals surface area contributed by atoms with Crippen LogP contribution in [0, 0.1) is 5.92 Å². The van der Waals surface area contributed by atoms with Gasteiger partial charge in [-0.05, 0) is 59.9 Å². The van der Waals surface area contributed by atoms with E-state index >= 15 is 0 Å². The number of carbonyl (C=O) groups is 1. The number of pyridine rings is 1. The molecule has 1 fully saturated rings. The minimum absolute atomic E-state index is 0.0106. The maximum Gasteiger partial charge on any atom is 0.301 e. The summed E-state index contributed by atoms with van der Waals surface area (Å²) in [5.74, 6) is -0.393. The molecule has 0 saturated carbocycles. The van der Waals surface area contributed by atoms with Gasteiger partial charge in [0.15, 0.2) is 5.58 Å². The number of piperidine rings is 1. The lowest BCUT2D eigenvalue weighted by Crippen LogP contribution is -2.41. The summed E-state index contributed by atoms with van der Waals surface area (Å²) >= 11 is 0. The third-order valence-corrected chi connectivity index (χ3v) is 8.03. The maximum absolute atomic E-state index is 13.5. The van der Waals surface area contributed by atoms with Crippen LogP contribution < -0.4 is 0 Å². The smallest absolute Gasteiger partial charge is 0.301 e. The summed E-state index contributed by atoms with van der Waals surface area (Å²) in [7, 11) is 1.93. The molecule has 13 heteroatoms. The second kappa shape index (κ2) is 11.4. The van der Waals surface area contributed by atoms with Crippen molar-refractivity contribution in [2.24, 2.45) is 13.0 Å². The minimum Gasteiger partial charge on any atom is -0.436 e. The van der Waals surface area contributed by atoms with Crippen molar-refractivity contribution < 1.29 is 18.0 Å². The number of nitrogens with zero attached hydrogens (tertiary/aromatic N) is 9. The van der Waals surface area contributed by atoms with Gasteiger partial charge in [-0.2, -0.15) is 4.80 Å². The number of benzene rings is 2. The zero-order chi connectivity index (χ0) is 30.2. The minimum atomic E-state index is -2.80. The van der Waals surface area contributed by atoms with E-state index in [1.807, 2.05) is 60.1 Å². The fraction of sp³-hybridized carbons (Fsp3) is 0.258. The molecule has 4 aromatic heterocycles. The van der Waals surface area contributed by atoms with Crippen molar-refractivity contribution in [1.29, 1.82) is 0 Å². The molecule has 0 spiro atoms. The number of tetrazole rings is 1. The standard InChI is InChI=1S/C31H27F2N9O2/c1-40-18-34-17-25(40)21-7-8-26-23(15-21)36-30(44-26)22-9-12-35-24(16-22)31(43)41-13-10-20(11-14-41)27(19-5-3-2-4-6-19)42-38-29(28(32)33)37-39-42/h2-9,12,15-18,20,27-28H,10-11,13-14H2,1H3/t27-/m1/s1. The van der Waals surface area contributed by atoms with Crippen LogP contribution in [0.25, 0.3) is 33.8 Å². The third kappa shape index (κ3) is 5.21. The SMILES string of the molecule is Cn1cncc1-c1ccc2oc(-c3ccnc(C(=O)N4CCC([C@@H](c5ccccc5)n5nnc(C(F)F)n5)CC4)c3)nc2c1. The lowest BCUT2D eigenvalue weighted by atomic mass is 9.85. The first kappa shape index (κ1) is 27.5. The van der Waals surface area contributed by atoms with E-state index in [-0.39, 0.29) is 23.6 Å². The fourth-order valence-electron chi connectivity index (χ4n) is 5.79. The van der Waals surface area contributed by atoms with E-state index in [1.165, 1.54) is 4.80 Å². The highest BCUT2D eigenvalue weighted by atomic mass is 19.3. The van der Waals surface area contributed by atoms with Gasteiger partial charge in [0.1, 0.15) is 17.3 Å². The quantitative estimate of drug-likeness (QED) is 0.242. The number of hydrogen-bond donors (Lipinski definition) is 0. The first-order valence-corrected chi connectivity index (χ1v) is 14.2. The Morgan fingerprint density at radius 3 is 2.57 bits per heavy atom. The molecule has 6 aromatic rings.